The van der Waals surface area contributed by atoms with Gasteiger partial charge >= 0.3 is 0 Å². The summed E-state index contributed by atoms with van der Waals surface area (Å²) < 4.78 is 27.8. The van der Waals surface area contributed by atoms with Gasteiger partial charge in [-0.1, -0.05) is 60.2 Å². The number of amides is 1. The fourth-order valence-corrected chi connectivity index (χ4v) is 6.20. The summed E-state index contributed by atoms with van der Waals surface area (Å²) in [7, 11) is -3.90. The summed E-state index contributed by atoms with van der Waals surface area (Å²) in [5.41, 5.74) is 6.03. The number of carbonyl (C=O) groups excluding carboxylic acids is 1. The van der Waals surface area contributed by atoms with E-state index in [1.165, 1.54) is 42.2 Å². The number of nitriles is 1. The van der Waals surface area contributed by atoms with E-state index in [-0.39, 0.29) is 23.2 Å². The lowest BCUT2D eigenvalue weighted by molar-refractivity contribution is -0.115. The fraction of sp³-hybridized carbons (Fsp3) is 0.121. The summed E-state index contributed by atoms with van der Waals surface area (Å²) in [6.45, 7) is 3.75. The summed E-state index contributed by atoms with van der Waals surface area (Å²) in [5.74, 6) is 0.108. The van der Waals surface area contributed by atoms with Crippen molar-refractivity contribution >= 4 is 39.3 Å². The van der Waals surface area contributed by atoms with E-state index >= 15 is 0 Å². The fourth-order valence-electron chi connectivity index (χ4n) is 4.31. The Bertz CT molecular complexity index is 1940. The Morgan fingerprint density at radius 2 is 1.64 bits per heavy atom. The van der Waals surface area contributed by atoms with Crippen molar-refractivity contribution in [2.75, 3.05) is 15.8 Å². The van der Waals surface area contributed by atoms with Crippen molar-refractivity contribution in [1.82, 2.24) is 15.0 Å². The number of aromatic nitrogens is 3. The van der Waals surface area contributed by atoms with E-state index in [9.17, 15) is 18.5 Å². The Kier molecular flexibility index (Phi) is 9.33. The maximum atomic E-state index is 12.8. The summed E-state index contributed by atoms with van der Waals surface area (Å²) in [4.78, 5) is 25.6. The minimum Gasteiger partial charge on any atom is -0.326 e. The lowest BCUT2D eigenvalue weighted by atomic mass is 9.98. The molecule has 3 aromatic carbocycles. The molecule has 9 nitrogen and oxygen atoms in total. The third-order valence-corrected chi connectivity index (χ3v) is 8.89. The summed E-state index contributed by atoms with van der Waals surface area (Å²) in [6.07, 6.45) is 1.62. The molecular formula is C33H28N6O3S2. The topological polar surface area (TPSA) is 138 Å². The molecule has 2 heterocycles. The second kappa shape index (κ2) is 13.5. The van der Waals surface area contributed by atoms with Gasteiger partial charge in [0.1, 0.15) is 11.1 Å². The number of benzene rings is 3. The van der Waals surface area contributed by atoms with Crippen LogP contribution in [0.4, 0.5) is 11.6 Å². The Balaban J connectivity index is 1.27. The van der Waals surface area contributed by atoms with Crippen LogP contribution in [0, 0.1) is 25.2 Å². The number of carbonyl (C=O) groups is 1. The van der Waals surface area contributed by atoms with E-state index in [2.05, 4.69) is 26.1 Å². The summed E-state index contributed by atoms with van der Waals surface area (Å²) in [6, 6.07) is 29.5. The van der Waals surface area contributed by atoms with Crippen molar-refractivity contribution in [2.45, 2.75) is 30.2 Å². The van der Waals surface area contributed by atoms with Crippen molar-refractivity contribution in [1.29, 1.82) is 5.26 Å². The lowest BCUT2D eigenvalue weighted by Gasteiger charge is -2.13. The molecule has 0 bridgehead atoms. The van der Waals surface area contributed by atoms with Gasteiger partial charge in [0.25, 0.3) is 10.0 Å². The molecule has 11 heteroatoms. The Morgan fingerprint density at radius 3 is 2.32 bits per heavy atom. The monoisotopic (exact) mass is 620 g/mol. The highest BCUT2D eigenvalue weighted by Gasteiger charge is 2.18. The highest BCUT2D eigenvalue weighted by atomic mass is 32.2. The first-order valence-electron chi connectivity index (χ1n) is 13.6. The molecule has 0 unspecified atom stereocenters. The van der Waals surface area contributed by atoms with Crippen LogP contribution in [-0.4, -0.2) is 35.0 Å². The van der Waals surface area contributed by atoms with Gasteiger partial charge in [-0.25, -0.2) is 28.1 Å². The third-order valence-electron chi connectivity index (χ3n) is 6.57. The average Bonchev–Trinajstić information content (AvgIpc) is 3.01. The maximum absolute atomic E-state index is 12.8. The molecule has 2 N–H and O–H groups in total. The molecule has 0 saturated carbocycles. The molecule has 44 heavy (non-hydrogen) atoms. The van der Waals surface area contributed by atoms with Gasteiger partial charge in [0.2, 0.25) is 11.9 Å². The number of hydrogen-bond acceptors (Lipinski definition) is 8. The molecule has 5 rings (SSSR count). The number of anilines is 2. The van der Waals surface area contributed by atoms with Gasteiger partial charge in [0.15, 0.2) is 0 Å². The maximum Gasteiger partial charge on any atom is 0.264 e. The molecule has 0 spiro atoms. The standard InChI is InChI=1S/C33H28N6O3S2/c1-22-8-10-24(11-9-22)28-20-30(25-6-4-3-5-7-25)38-32(29(28)21-34)43-19-17-31(40)37-26-12-14-27(15-13-26)44(41,42)39-33-35-18-16-23(2)36-33/h3-16,18,20H,17,19H2,1-2H3,(H,37,40)(H,35,36,39). The number of aryl methyl sites for hydroxylation is 2. The van der Waals surface area contributed by atoms with E-state index in [1.54, 1.807) is 13.0 Å². The second-order valence-electron chi connectivity index (χ2n) is 9.88. The van der Waals surface area contributed by atoms with E-state index in [4.69, 9.17) is 4.98 Å². The quantitative estimate of drug-likeness (QED) is 0.166. The van der Waals surface area contributed by atoms with Gasteiger partial charge in [-0.05, 0) is 55.8 Å². The van der Waals surface area contributed by atoms with E-state index in [1.807, 2.05) is 67.6 Å². The smallest absolute Gasteiger partial charge is 0.264 e. The largest absolute Gasteiger partial charge is 0.326 e. The highest BCUT2D eigenvalue weighted by Crippen LogP contribution is 2.34. The average molecular weight is 621 g/mol. The molecule has 0 radical (unpaired) electrons. The van der Waals surface area contributed by atoms with Gasteiger partial charge in [0, 0.05) is 40.9 Å². The van der Waals surface area contributed by atoms with Crippen LogP contribution in [-0.2, 0) is 14.8 Å². The predicted octanol–water partition coefficient (Wildman–Crippen LogP) is 6.62. The number of hydrogen-bond donors (Lipinski definition) is 2. The molecule has 0 aliphatic heterocycles. The van der Waals surface area contributed by atoms with Crippen molar-refractivity contribution < 1.29 is 13.2 Å². The molecule has 0 aliphatic rings. The first-order chi connectivity index (χ1) is 21.2. The number of nitrogens with one attached hydrogen (secondary N) is 2. The minimum atomic E-state index is -3.90. The van der Waals surface area contributed by atoms with Crippen LogP contribution in [0.5, 0.6) is 0 Å². The predicted molar refractivity (Wildman–Crippen MR) is 173 cm³/mol. The molecule has 0 atom stereocenters. The normalized spacial score (nSPS) is 11.0. The van der Waals surface area contributed by atoms with Crippen LogP contribution in [0.25, 0.3) is 22.4 Å². The van der Waals surface area contributed by atoms with Crippen LogP contribution < -0.4 is 10.0 Å². The molecule has 0 fully saturated rings. The summed E-state index contributed by atoms with van der Waals surface area (Å²) in [5, 5.41) is 13.5. The number of pyridine rings is 1. The van der Waals surface area contributed by atoms with Crippen LogP contribution >= 0.6 is 11.8 Å². The zero-order valence-electron chi connectivity index (χ0n) is 24.0. The zero-order valence-corrected chi connectivity index (χ0v) is 25.6. The van der Waals surface area contributed by atoms with Crippen molar-refractivity contribution in [2.24, 2.45) is 0 Å². The van der Waals surface area contributed by atoms with Crippen molar-refractivity contribution in [3.8, 4) is 28.5 Å². The van der Waals surface area contributed by atoms with Gasteiger partial charge in [-0.2, -0.15) is 5.26 Å². The first kappa shape index (κ1) is 30.4. The van der Waals surface area contributed by atoms with Gasteiger partial charge in [-0.3, -0.25) is 4.79 Å². The second-order valence-corrected chi connectivity index (χ2v) is 12.6. The van der Waals surface area contributed by atoms with Crippen LogP contribution in [0.2, 0.25) is 0 Å². The molecule has 0 saturated heterocycles. The molecular weight excluding hydrogens is 593 g/mol. The molecule has 2 aromatic heterocycles. The Hall–Kier alpha value is -5.05. The Morgan fingerprint density at radius 1 is 0.909 bits per heavy atom. The molecule has 1 amide bonds. The van der Waals surface area contributed by atoms with Crippen LogP contribution in [0.1, 0.15) is 23.2 Å². The van der Waals surface area contributed by atoms with Crippen molar-refractivity contribution in [3.05, 3.63) is 114 Å². The first-order valence-corrected chi connectivity index (χ1v) is 16.1. The van der Waals surface area contributed by atoms with Crippen molar-refractivity contribution in [3.63, 3.8) is 0 Å². The number of rotatable bonds is 10. The number of thioether (sulfide) groups is 1. The lowest BCUT2D eigenvalue weighted by Crippen LogP contribution is -2.16. The molecule has 5 aromatic rings. The third kappa shape index (κ3) is 7.47. The van der Waals surface area contributed by atoms with E-state index in [0.717, 1.165) is 27.9 Å². The van der Waals surface area contributed by atoms with E-state index < -0.39 is 10.0 Å². The van der Waals surface area contributed by atoms with Crippen LogP contribution in [0.15, 0.2) is 107 Å². The van der Waals surface area contributed by atoms with Crippen LogP contribution in [0.3, 0.4) is 0 Å². The molecule has 0 aliphatic carbocycles. The number of sulfonamides is 1. The summed E-state index contributed by atoms with van der Waals surface area (Å²) >= 11 is 1.35. The zero-order chi connectivity index (χ0) is 31.1. The van der Waals surface area contributed by atoms with Gasteiger partial charge < -0.3 is 5.32 Å². The molecule has 220 valence electrons. The van der Waals surface area contributed by atoms with Gasteiger partial charge in [0.05, 0.1) is 16.2 Å². The highest BCUT2D eigenvalue weighted by molar-refractivity contribution is 7.99. The Labute approximate surface area is 260 Å². The SMILES string of the molecule is Cc1ccc(-c2cc(-c3ccccc3)nc(SCCC(=O)Nc3ccc(S(=O)(=O)Nc4nccc(C)n4)cc3)c2C#N)cc1. The van der Waals surface area contributed by atoms with Gasteiger partial charge in [-0.15, -0.1) is 11.8 Å². The number of nitrogens with zero attached hydrogens (tertiary/aromatic N) is 4. The van der Waals surface area contributed by atoms with E-state index in [0.29, 0.717) is 27.7 Å². The minimum absolute atomic E-state index is 0.00828.